The van der Waals surface area contributed by atoms with Crippen LogP contribution in [-0.4, -0.2) is 32.5 Å². The third-order valence-electron chi connectivity index (χ3n) is 4.32. The topological polar surface area (TPSA) is 72.1 Å². The van der Waals surface area contributed by atoms with E-state index in [1.165, 1.54) is 17.0 Å². The molecular weight excluding hydrogens is 342 g/mol. The molecule has 1 fully saturated rings. The van der Waals surface area contributed by atoms with Gasteiger partial charge in [-0.25, -0.2) is 8.78 Å². The number of hydrogen-bond donors (Lipinski definition) is 0. The standard InChI is InChI=1S/C18H14F2N4O2/c19-14-2-1-12(15(20)8-14)9-24-10-13(7-16(24)25)18-22-17(23-26-18)11-3-5-21-6-4-11/h1-6,8,13H,7,9-10H2. The predicted molar refractivity (Wildman–Crippen MR) is 86.7 cm³/mol. The molecule has 6 nitrogen and oxygen atoms in total. The summed E-state index contributed by atoms with van der Waals surface area (Å²) in [5.41, 5.74) is 1.04. The first-order valence-corrected chi connectivity index (χ1v) is 8.06. The summed E-state index contributed by atoms with van der Waals surface area (Å²) in [6.07, 6.45) is 3.47. The van der Waals surface area contributed by atoms with Crippen LogP contribution in [0.2, 0.25) is 0 Å². The number of pyridine rings is 1. The number of likely N-dealkylation sites (tertiary alicyclic amines) is 1. The Bertz CT molecular complexity index is 945. The second kappa shape index (κ2) is 6.62. The van der Waals surface area contributed by atoms with Gasteiger partial charge in [-0.3, -0.25) is 9.78 Å². The van der Waals surface area contributed by atoms with Crippen LogP contribution in [0.15, 0.2) is 47.2 Å². The first kappa shape index (κ1) is 16.3. The minimum Gasteiger partial charge on any atom is -0.339 e. The van der Waals surface area contributed by atoms with Gasteiger partial charge in [0, 0.05) is 49.1 Å². The summed E-state index contributed by atoms with van der Waals surface area (Å²) in [6, 6.07) is 6.86. The van der Waals surface area contributed by atoms with Gasteiger partial charge in [-0.15, -0.1) is 0 Å². The van der Waals surface area contributed by atoms with Crippen LogP contribution < -0.4 is 0 Å². The lowest BCUT2D eigenvalue weighted by Crippen LogP contribution is -2.25. The van der Waals surface area contributed by atoms with E-state index in [-0.39, 0.29) is 30.4 Å². The fraction of sp³-hybridized carbons (Fsp3) is 0.222. The molecule has 1 unspecified atom stereocenters. The van der Waals surface area contributed by atoms with Gasteiger partial charge in [0.25, 0.3) is 0 Å². The Morgan fingerprint density at radius 3 is 2.77 bits per heavy atom. The highest BCUT2D eigenvalue weighted by atomic mass is 19.1. The smallest absolute Gasteiger partial charge is 0.232 e. The molecule has 26 heavy (non-hydrogen) atoms. The van der Waals surface area contributed by atoms with Crippen LogP contribution in [0.3, 0.4) is 0 Å². The summed E-state index contributed by atoms with van der Waals surface area (Å²) >= 11 is 0. The van der Waals surface area contributed by atoms with Crippen LogP contribution in [0, 0.1) is 11.6 Å². The van der Waals surface area contributed by atoms with E-state index in [9.17, 15) is 13.6 Å². The van der Waals surface area contributed by atoms with Crippen molar-refractivity contribution in [3.8, 4) is 11.4 Å². The van der Waals surface area contributed by atoms with Gasteiger partial charge in [-0.05, 0) is 18.2 Å². The molecule has 0 saturated carbocycles. The van der Waals surface area contributed by atoms with E-state index in [0.29, 0.717) is 18.3 Å². The van der Waals surface area contributed by atoms with Gasteiger partial charge in [0.2, 0.25) is 17.6 Å². The summed E-state index contributed by atoms with van der Waals surface area (Å²) in [5, 5.41) is 3.94. The summed E-state index contributed by atoms with van der Waals surface area (Å²) in [5.74, 6) is -0.910. The van der Waals surface area contributed by atoms with Gasteiger partial charge in [0.15, 0.2) is 0 Å². The van der Waals surface area contributed by atoms with Crippen LogP contribution >= 0.6 is 0 Å². The van der Waals surface area contributed by atoms with Gasteiger partial charge in [-0.1, -0.05) is 11.2 Å². The molecule has 2 aromatic heterocycles. The van der Waals surface area contributed by atoms with Crippen LogP contribution in [0.4, 0.5) is 8.78 Å². The fourth-order valence-corrected chi connectivity index (χ4v) is 2.97. The lowest BCUT2D eigenvalue weighted by atomic mass is 10.1. The van der Waals surface area contributed by atoms with Crippen molar-refractivity contribution in [1.82, 2.24) is 20.0 Å². The molecule has 1 aromatic carbocycles. The van der Waals surface area contributed by atoms with E-state index in [1.54, 1.807) is 24.5 Å². The van der Waals surface area contributed by atoms with E-state index in [4.69, 9.17) is 4.52 Å². The van der Waals surface area contributed by atoms with Crippen molar-refractivity contribution < 1.29 is 18.1 Å². The predicted octanol–water partition coefficient (Wildman–Crippen LogP) is 2.93. The number of hydrogen-bond acceptors (Lipinski definition) is 5. The van der Waals surface area contributed by atoms with Crippen molar-refractivity contribution in [1.29, 1.82) is 0 Å². The molecule has 0 N–H and O–H groups in total. The molecule has 3 aromatic rings. The van der Waals surface area contributed by atoms with E-state index < -0.39 is 11.6 Å². The van der Waals surface area contributed by atoms with Gasteiger partial charge in [0.05, 0.1) is 5.92 Å². The molecule has 1 amide bonds. The Morgan fingerprint density at radius 2 is 2.00 bits per heavy atom. The number of rotatable bonds is 4. The monoisotopic (exact) mass is 356 g/mol. The van der Waals surface area contributed by atoms with Gasteiger partial charge in [-0.2, -0.15) is 4.98 Å². The van der Waals surface area contributed by atoms with E-state index in [1.807, 2.05) is 0 Å². The number of aromatic nitrogens is 3. The Kier molecular flexibility index (Phi) is 4.16. The number of nitrogens with zero attached hydrogens (tertiary/aromatic N) is 4. The number of benzene rings is 1. The van der Waals surface area contributed by atoms with Crippen molar-refractivity contribution in [3.05, 3.63) is 65.8 Å². The van der Waals surface area contributed by atoms with Crippen LogP contribution in [0.1, 0.15) is 23.8 Å². The maximum absolute atomic E-state index is 13.8. The van der Waals surface area contributed by atoms with E-state index >= 15 is 0 Å². The molecule has 0 bridgehead atoms. The molecule has 4 rings (SSSR count). The minimum atomic E-state index is -0.668. The molecule has 3 heterocycles. The van der Waals surface area contributed by atoms with Crippen LogP contribution in [0.25, 0.3) is 11.4 Å². The normalized spacial score (nSPS) is 17.1. The molecule has 8 heteroatoms. The largest absolute Gasteiger partial charge is 0.339 e. The first-order chi connectivity index (χ1) is 12.6. The van der Waals surface area contributed by atoms with Crippen LogP contribution in [0.5, 0.6) is 0 Å². The van der Waals surface area contributed by atoms with Crippen molar-refractivity contribution >= 4 is 5.91 Å². The molecule has 132 valence electrons. The Labute approximate surface area is 147 Å². The molecular formula is C18H14F2N4O2. The molecule has 1 atom stereocenters. The zero-order valence-corrected chi connectivity index (χ0v) is 13.6. The second-order valence-electron chi connectivity index (χ2n) is 6.10. The Morgan fingerprint density at radius 1 is 1.19 bits per heavy atom. The average Bonchev–Trinajstić information content (AvgIpc) is 3.25. The van der Waals surface area contributed by atoms with Crippen molar-refractivity contribution in [2.45, 2.75) is 18.9 Å². The summed E-state index contributed by atoms with van der Waals surface area (Å²) in [4.78, 5) is 22.1. The lowest BCUT2D eigenvalue weighted by Gasteiger charge is -2.16. The zero-order valence-electron chi connectivity index (χ0n) is 13.6. The average molecular weight is 356 g/mol. The Hall–Kier alpha value is -3.16. The second-order valence-corrected chi connectivity index (χ2v) is 6.10. The maximum Gasteiger partial charge on any atom is 0.232 e. The summed E-state index contributed by atoms with van der Waals surface area (Å²) in [6.45, 7) is 0.417. The quantitative estimate of drug-likeness (QED) is 0.719. The fourth-order valence-electron chi connectivity index (χ4n) is 2.97. The third kappa shape index (κ3) is 3.17. The first-order valence-electron chi connectivity index (χ1n) is 8.06. The van der Waals surface area contributed by atoms with Crippen molar-refractivity contribution in [3.63, 3.8) is 0 Å². The Balaban J connectivity index is 1.49. The highest BCUT2D eigenvalue weighted by molar-refractivity contribution is 5.79. The van der Waals surface area contributed by atoms with Gasteiger partial charge in [0.1, 0.15) is 11.6 Å². The van der Waals surface area contributed by atoms with Gasteiger partial charge >= 0.3 is 0 Å². The number of halogens is 2. The number of amides is 1. The number of carbonyl (C=O) groups is 1. The zero-order chi connectivity index (χ0) is 18.1. The molecule has 1 aliphatic rings. The summed E-state index contributed by atoms with van der Waals surface area (Å²) < 4.78 is 32.1. The molecule has 0 aliphatic carbocycles. The highest BCUT2D eigenvalue weighted by Gasteiger charge is 2.34. The van der Waals surface area contributed by atoms with Crippen molar-refractivity contribution in [2.75, 3.05) is 6.54 Å². The number of carbonyl (C=O) groups excluding carboxylic acids is 1. The molecule has 1 aliphatic heterocycles. The molecule has 0 radical (unpaired) electrons. The molecule has 1 saturated heterocycles. The lowest BCUT2D eigenvalue weighted by molar-refractivity contribution is -0.128. The maximum atomic E-state index is 13.8. The summed E-state index contributed by atoms with van der Waals surface area (Å²) in [7, 11) is 0. The van der Waals surface area contributed by atoms with Crippen molar-refractivity contribution in [2.24, 2.45) is 0 Å². The minimum absolute atomic E-state index is 0.0762. The third-order valence-corrected chi connectivity index (χ3v) is 4.32. The van der Waals surface area contributed by atoms with Crippen LogP contribution in [-0.2, 0) is 11.3 Å². The van der Waals surface area contributed by atoms with E-state index in [2.05, 4.69) is 15.1 Å². The van der Waals surface area contributed by atoms with Gasteiger partial charge < -0.3 is 9.42 Å². The SMILES string of the molecule is O=C1CC(c2nc(-c3ccncc3)no2)CN1Cc1ccc(F)cc1F. The highest BCUT2D eigenvalue weighted by Crippen LogP contribution is 2.30. The molecule has 0 spiro atoms. The van der Waals surface area contributed by atoms with E-state index in [0.717, 1.165) is 11.6 Å².